The molecule has 0 aliphatic rings. The first-order valence-electron chi connectivity index (χ1n) is 20.9. The molecule has 12 heteroatoms. The monoisotopic (exact) mass is 774 g/mol. The predicted octanol–water partition coefficient (Wildman–Crippen LogP) is 10.7. The maximum Gasteiger partial charge on any atom is 0.472 e. The SMILES string of the molecule is CCCCCCC/C=C/CCCCCCCC(=O)O[C@H](COC(=O)CCCCC/C=C/CCCCCCCCCC)COP(=O)(O)OC[C@H](N)C(=O)O. The van der Waals surface area contributed by atoms with Gasteiger partial charge in [0.15, 0.2) is 6.10 Å². The number of allylic oxidation sites excluding steroid dienone is 4. The fourth-order valence-electron chi connectivity index (χ4n) is 5.58. The normalized spacial score (nSPS) is 14.0. The van der Waals surface area contributed by atoms with E-state index in [0.29, 0.717) is 12.8 Å². The topological polar surface area (TPSA) is 172 Å². The Bertz CT molecular complexity index is 1010. The van der Waals surface area contributed by atoms with Crippen LogP contribution in [0, 0.1) is 0 Å². The van der Waals surface area contributed by atoms with E-state index in [2.05, 4.69) is 42.7 Å². The number of esters is 2. The minimum atomic E-state index is -4.71. The van der Waals surface area contributed by atoms with E-state index in [1.54, 1.807) is 0 Å². The number of hydrogen-bond acceptors (Lipinski definition) is 9. The van der Waals surface area contributed by atoms with Crippen LogP contribution in [-0.4, -0.2) is 59.9 Å². The van der Waals surface area contributed by atoms with Crippen LogP contribution >= 0.6 is 7.82 Å². The maximum absolute atomic E-state index is 12.6. The van der Waals surface area contributed by atoms with E-state index in [4.69, 9.17) is 24.8 Å². The molecule has 0 aromatic heterocycles. The average molecular weight is 774 g/mol. The van der Waals surface area contributed by atoms with Gasteiger partial charge in [0.2, 0.25) is 0 Å². The zero-order valence-corrected chi connectivity index (χ0v) is 34.3. The second-order valence-corrected chi connectivity index (χ2v) is 15.6. The minimum absolute atomic E-state index is 0.150. The number of rotatable bonds is 39. The number of phosphoric ester groups is 1. The van der Waals surface area contributed by atoms with Crippen LogP contribution in [0.1, 0.15) is 187 Å². The highest BCUT2D eigenvalue weighted by Gasteiger charge is 2.28. The van der Waals surface area contributed by atoms with Gasteiger partial charge in [-0.2, -0.15) is 0 Å². The van der Waals surface area contributed by atoms with Crippen molar-refractivity contribution in [2.24, 2.45) is 5.73 Å². The third-order valence-corrected chi connectivity index (χ3v) is 9.87. The summed E-state index contributed by atoms with van der Waals surface area (Å²) in [5.74, 6) is -2.41. The fourth-order valence-corrected chi connectivity index (χ4v) is 6.36. The lowest BCUT2D eigenvalue weighted by Gasteiger charge is -2.20. The zero-order valence-electron chi connectivity index (χ0n) is 33.4. The number of phosphoric acid groups is 1. The summed E-state index contributed by atoms with van der Waals surface area (Å²) in [4.78, 5) is 45.8. The van der Waals surface area contributed by atoms with Gasteiger partial charge in [0.25, 0.3) is 0 Å². The van der Waals surface area contributed by atoms with Crippen LogP contribution in [0.4, 0.5) is 0 Å². The molecule has 0 spiro atoms. The lowest BCUT2D eigenvalue weighted by Crippen LogP contribution is -2.34. The van der Waals surface area contributed by atoms with Gasteiger partial charge in [0.05, 0.1) is 13.2 Å². The van der Waals surface area contributed by atoms with E-state index >= 15 is 0 Å². The molecule has 0 aliphatic carbocycles. The smallest absolute Gasteiger partial charge is 0.472 e. The first-order chi connectivity index (χ1) is 25.6. The molecule has 0 saturated heterocycles. The Morgan fingerprint density at radius 1 is 0.566 bits per heavy atom. The maximum atomic E-state index is 12.6. The summed E-state index contributed by atoms with van der Waals surface area (Å²) in [5, 5.41) is 8.87. The quantitative estimate of drug-likeness (QED) is 0.0235. The summed E-state index contributed by atoms with van der Waals surface area (Å²) in [6.45, 7) is 2.76. The molecule has 53 heavy (non-hydrogen) atoms. The molecule has 0 radical (unpaired) electrons. The van der Waals surface area contributed by atoms with Gasteiger partial charge in [-0.25, -0.2) is 4.57 Å². The number of hydrogen-bond donors (Lipinski definition) is 3. The van der Waals surface area contributed by atoms with Crippen LogP contribution in [0.2, 0.25) is 0 Å². The van der Waals surface area contributed by atoms with Crippen LogP contribution in [0.3, 0.4) is 0 Å². The molecule has 0 fully saturated rings. The molecule has 310 valence electrons. The van der Waals surface area contributed by atoms with Crippen molar-refractivity contribution in [1.82, 2.24) is 0 Å². The molecule has 1 unspecified atom stereocenters. The van der Waals surface area contributed by atoms with Crippen molar-refractivity contribution in [2.75, 3.05) is 19.8 Å². The number of carboxylic acid groups (broad SMARTS) is 1. The Kier molecular flexibility index (Phi) is 35.5. The molecule has 0 rings (SSSR count). The van der Waals surface area contributed by atoms with Crippen LogP contribution in [-0.2, 0) is 37.5 Å². The summed E-state index contributed by atoms with van der Waals surface area (Å²) in [7, 11) is -4.71. The van der Waals surface area contributed by atoms with Crippen LogP contribution in [0.25, 0.3) is 0 Å². The molecule has 3 atom stereocenters. The number of nitrogens with two attached hydrogens (primary N) is 1. The van der Waals surface area contributed by atoms with Crippen molar-refractivity contribution in [2.45, 2.75) is 199 Å². The van der Waals surface area contributed by atoms with Gasteiger partial charge in [-0.1, -0.05) is 134 Å². The van der Waals surface area contributed by atoms with E-state index in [9.17, 15) is 23.8 Å². The summed E-state index contributed by atoms with van der Waals surface area (Å²) in [6.07, 6.45) is 36.7. The fraction of sp³-hybridized carbons (Fsp3) is 0.829. The molecule has 0 saturated carbocycles. The highest BCUT2D eigenvalue weighted by Crippen LogP contribution is 2.43. The van der Waals surface area contributed by atoms with Crippen molar-refractivity contribution >= 4 is 25.7 Å². The Hall–Kier alpha value is -2.04. The summed E-state index contributed by atoms with van der Waals surface area (Å²) in [5.41, 5.74) is 5.32. The molecule has 0 aliphatic heterocycles. The van der Waals surface area contributed by atoms with Gasteiger partial charge in [-0.05, 0) is 64.2 Å². The Labute approximate surface area is 321 Å². The molecular weight excluding hydrogens is 697 g/mol. The van der Waals surface area contributed by atoms with Crippen LogP contribution in [0.15, 0.2) is 24.3 Å². The number of ether oxygens (including phenoxy) is 2. The van der Waals surface area contributed by atoms with Crippen molar-refractivity contribution in [3.8, 4) is 0 Å². The third kappa shape index (κ3) is 36.7. The number of carbonyl (C=O) groups is 3. The third-order valence-electron chi connectivity index (χ3n) is 8.92. The van der Waals surface area contributed by atoms with E-state index in [0.717, 1.165) is 64.2 Å². The van der Waals surface area contributed by atoms with Gasteiger partial charge in [-0.15, -0.1) is 0 Å². The predicted molar refractivity (Wildman–Crippen MR) is 212 cm³/mol. The molecule has 0 amide bonds. The number of carbonyl (C=O) groups excluding carboxylic acids is 2. The largest absolute Gasteiger partial charge is 0.480 e. The van der Waals surface area contributed by atoms with E-state index < -0.39 is 51.1 Å². The molecule has 4 N–H and O–H groups in total. The van der Waals surface area contributed by atoms with Gasteiger partial charge in [0, 0.05) is 12.8 Å². The second-order valence-electron chi connectivity index (χ2n) is 14.1. The molecule has 11 nitrogen and oxygen atoms in total. The Balaban J connectivity index is 4.42. The van der Waals surface area contributed by atoms with Gasteiger partial charge < -0.3 is 25.2 Å². The van der Waals surface area contributed by atoms with Crippen molar-refractivity contribution in [3.63, 3.8) is 0 Å². The van der Waals surface area contributed by atoms with Gasteiger partial charge >= 0.3 is 25.7 Å². The Morgan fingerprint density at radius 3 is 1.40 bits per heavy atom. The minimum Gasteiger partial charge on any atom is -0.480 e. The summed E-state index contributed by atoms with van der Waals surface area (Å²) in [6, 6.07) is -1.52. The number of aliphatic carboxylic acids is 1. The van der Waals surface area contributed by atoms with Crippen LogP contribution in [0.5, 0.6) is 0 Å². The first-order valence-corrected chi connectivity index (χ1v) is 22.4. The molecule has 0 bridgehead atoms. The van der Waals surface area contributed by atoms with Crippen molar-refractivity contribution < 1.29 is 47.5 Å². The van der Waals surface area contributed by atoms with Crippen LogP contribution < -0.4 is 5.73 Å². The standard InChI is InChI=1S/C41H76NO10P/c1-3-5-7-9-11-13-15-17-19-21-22-24-26-28-30-32-39(43)49-34-37(35-50-53(47,48)51-36-38(42)41(45)46)52-40(44)33-31-29-27-25-23-20-18-16-14-12-10-8-6-4-2/h16,18,21-22,37-38H,3-15,17,19-20,23-36,42H2,1-2H3,(H,45,46)(H,47,48)/b18-16+,22-21+/t37-,38+/m1/s1. The summed E-state index contributed by atoms with van der Waals surface area (Å²) >= 11 is 0. The Morgan fingerprint density at radius 2 is 0.943 bits per heavy atom. The van der Waals surface area contributed by atoms with E-state index in [1.165, 1.54) is 83.5 Å². The van der Waals surface area contributed by atoms with Gasteiger partial charge in [-0.3, -0.25) is 23.4 Å². The number of unbranched alkanes of at least 4 members (excludes halogenated alkanes) is 21. The summed E-state index contributed by atoms with van der Waals surface area (Å²) < 4.78 is 32.6. The lowest BCUT2D eigenvalue weighted by molar-refractivity contribution is -0.161. The highest BCUT2D eigenvalue weighted by molar-refractivity contribution is 7.47. The average Bonchev–Trinajstić information content (AvgIpc) is 3.13. The molecular formula is C41H76NO10P. The second kappa shape index (κ2) is 36.9. The lowest BCUT2D eigenvalue weighted by atomic mass is 10.1. The number of carboxylic acids is 1. The van der Waals surface area contributed by atoms with Crippen molar-refractivity contribution in [3.05, 3.63) is 24.3 Å². The van der Waals surface area contributed by atoms with Gasteiger partial charge in [0.1, 0.15) is 12.6 Å². The van der Waals surface area contributed by atoms with E-state index in [1.807, 2.05) is 0 Å². The molecule has 0 heterocycles. The van der Waals surface area contributed by atoms with E-state index in [-0.39, 0.29) is 19.4 Å². The molecule has 0 aromatic rings. The zero-order chi connectivity index (χ0) is 39.3. The first kappa shape index (κ1) is 51.0. The highest BCUT2D eigenvalue weighted by atomic mass is 31.2. The van der Waals surface area contributed by atoms with Crippen molar-refractivity contribution in [1.29, 1.82) is 0 Å². The molecule has 0 aromatic carbocycles.